The highest BCUT2D eigenvalue weighted by atomic mass is 32.2. The molecule has 0 amide bonds. The Morgan fingerprint density at radius 3 is 2.50 bits per heavy atom. The van der Waals surface area contributed by atoms with Crippen LogP contribution in [0.4, 0.5) is 0 Å². The number of hydrogen-bond donors (Lipinski definition) is 1. The van der Waals surface area contributed by atoms with E-state index < -0.39 is 9.84 Å². The van der Waals surface area contributed by atoms with Crippen LogP contribution in [-0.4, -0.2) is 37.7 Å². The number of nitrogens with one attached hydrogen (secondary N) is 1. The van der Waals surface area contributed by atoms with Gasteiger partial charge in [0, 0.05) is 30.0 Å². The molecule has 1 atom stereocenters. The molecule has 0 radical (unpaired) electrons. The minimum atomic E-state index is -3.17. The Hall–Kier alpha value is -1.79. The molecule has 1 aliphatic heterocycles. The maximum atomic E-state index is 11.5. The quantitative estimate of drug-likeness (QED) is 0.936. The lowest BCUT2D eigenvalue weighted by atomic mass is 10.0. The van der Waals surface area contributed by atoms with Gasteiger partial charge < -0.3 is 5.32 Å². The molecule has 6 heteroatoms. The first kappa shape index (κ1) is 15.1. The second-order valence-corrected chi connectivity index (χ2v) is 7.73. The van der Waals surface area contributed by atoms with Crippen molar-refractivity contribution in [3.8, 4) is 11.3 Å². The van der Waals surface area contributed by atoms with Crippen molar-refractivity contribution in [1.82, 2.24) is 15.3 Å². The van der Waals surface area contributed by atoms with Crippen molar-refractivity contribution >= 4 is 9.84 Å². The van der Waals surface area contributed by atoms with Gasteiger partial charge in [0.25, 0.3) is 0 Å². The van der Waals surface area contributed by atoms with Gasteiger partial charge in [-0.05, 0) is 38.1 Å². The van der Waals surface area contributed by atoms with Crippen LogP contribution in [0, 0.1) is 6.92 Å². The van der Waals surface area contributed by atoms with Crippen molar-refractivity contribution in [3.63, 3.8) is 0 Å². The van der Waals surface area contributed by atoms with Gasteiger partial charge in [0.15, 0.2) is 9.84 Å². The first-order valence-electron chi connectivity index (χ1n) is 7.30. The summed E-state index contributed by atoms with van der Waals surface area (Å²) in [7, 11) is -3.17. The van der Waals surface area contributed by atoms with E-state index in [1.165, 1.54) is 6.26 Å². The molecule has 3 rings (SSSR count). The van der Waals surface area contributed by atoms with E-state index in [0.29, 0.717) is 10.8 Å². The Bertz CT molecular complexity index is 780. The van der Waals surface area contributed by atoms with Crippen molar-refractivity contribution in [2.75, 3.05) is 19.3 Å². The molecule has 0 unspecified atom stereocenters. The Morgan fingerprint density at radius 2 is 1.91 bits per heavy atom. The fourth-order valence-electron chi connectivity index (χ4n) is 2.73. The molecule has 0 bridgehead atoms. The number of benzene rings is 1. The summed E-state index contributed by atoms with van der Waals surface area (Å²) < 4.78 is 23.1. The summed E-state index contributed by atoms with van der Waals surface area (Å²) >= 11 is 0. The average Bonchev–Trinajstić information content (AvgIpc) is 3.00. The number of aromatic nitrogens is 2. The zero-order valence-corrected chi connectivity index (χ0v) is 13.5. The van der Waals surface area contributed by atoms with Crippen LogP contribution in [0.5, 0.6) is 0 Å². The van der Waals surface area contributed by atoms with Crippen LogP contribution in [0.1, 0.15) is 23.9 Å². The summed E-state index contributed by atoms with van der Waals surface area (Å²) in [4.78, 5) is 9.36. The van der Waals surface area contributed by atoms with Crippen LogP contribution >= 0.6 is 0 Å². The fraction of sp³-hybridized carbons (Fsp3) is 0.375. The van der Waals surface area contributed by atoms with Gasteiger partial charge in [-0.1, -0.05) is 12.1 Å². The molecule has 116 valence electrons. The highest BCUT2D eigenvalue weighted by Gasteiger charge is 2.19. The molecule has 22 heavy (non-hydrogen) atoms. The van der Waals surface area contributed by atoms with E-state index in [2.05, 4.69) is 15.3 Å². The summed E-state index contributed by atoms with van der Waals surface area (Å²) in [6.07, 6.45) is 2.30. The van der Waals surface area contributed by atoms with Crippen LogP contribution in [0.25, 0.3) is 11.3 Å². The number of nitrogens with zero attached hydrogens (tertiary/aromatic N) is 2. The number of aryl methyl sites for hydroxylation is 1. The molecule has 0 saturated carbocycles. The van der Waals surface area contributed by atoms with Crippen LogP contribution in [-0.2, 0) is 9.84 Å². The molecule has 0 aliphatic carbocycles. The second-order valence-electron chi connectivity index (χ2n) is 5.71. The normalized spacial score (nSPS) is 18.5. The lowest BCUT2D eigenvalue weighted by Gasteiger charge is -2.11. The standard InChI is InChI=1S/C16H19N3O2S/c1-11-18-15(9-16(19-11)13-7-8-17-10-13)12-3-5-14(6-4-12)22(2,20)21/h3-6,9,13,17H,7-8,10H2,1-2H3/t13-/m0/s1. The van der Waals surface area contributed by atoms with Crippen molar-refractivity contribution in [2.45, 2.75) is 24.2 Å². The third-order valence-electron chi connectivity index (χ3n) is 3.91. The fourth-order valence-corrected chi connectivity index (χ4v) is 3.36. The zero-order valence-electron chi connectivity index (χ0n) is 12.7. The molecule has 2 aromatic rings. The molecule has 5 nitrogen and oxygen atoms in total. The molecule has 2 heterocycles. The predicted molar refractivity (Wildman–Crippen MR) is 85.5 cm³/mol. The summed E-state index contributed by atoms with van der Waals surface area (Å²) in [5.41, 5.74) is 2.80. The second kappa shape index (κ2) is 5.78. The average molecular weight is 317 g/mol. The van der Waals surface area contributed by atoms with Crippen molar-refractivity contribution < 1.29 is 8.42 Å². The van der Waals surface area contributed by atoms with Gasteiger partial charge in [0.05, 0.1) is 10.6 Å². The Labute approximate surface area is 130 Å². The SMILES string of the molecule is Cc1nc(-c2ccc(S(C)(=O)=O)cc2)cc([C@H]2CCNC2)n1. The molecule has 1 aromatic heterocycles. The van der Waals surface area contributed by atoms with Gasteiger partial charge in [-0.15, -0.1) is 0 Å². The van der Waals surface area contributed by atoms with E-state index in [0.717, 1.165) is 42.3 Å². The van der Waals surface area contributed by atoms with E-state index in [-0.39, 0.29) is 0 Å². The van der Waals surface area contributed by atoms with Gasteiger partial charge in [0.1, 0.15) is 5.82 Å². The zero-order chi connectivity index (χ0) is 15.7. The van der Waals surface area contributed by atoms with Crippen LogP contribution in [0.15, 0.2) is 35.2 Å². The van der Waals surface area contributed by atoms with E-state index in [1.807, 2.05) is 13.0 Å². The third-order valence-corrected chi connectivity index (χ3v) is 5.04. The molecular weight excluding hydrogens is 298 g/mol. The monoisotopic (exact) mass is 317 g/mol. The maximum absolute atomic E-state index is 11.5. The van der Waals surface area contributed by atoms with E-state index in [9.17, 15) is 8.42 Å². The summed E-state index contributed by atoms with van der Waals surface area (Å²) in [6, 6.07) is 8.86. The van der Waals surface area contributed by atoms with Gasteiger partial charge in [-0.25, -0.2) is 18.4 Å². The molecule has 1 N–H and O–H groups in total. The smallest absolute Gasteiger partial charge is 0.175 e. The third kappa shape index (κ3) is 3.18. The highest BCUT2D eigenvalue weighted by Crippen LogP contribution is 2.25. The molecular formula is C16H19N3O2S. The number of sulfone groups is 1. The number of hydrogen-bond acceptors (Lipinski definition) is 5. The highest BCUT2D eigenvalue weighted by molar-refractivity contribution is 7.90. The molecule has 1 aromatic carbocycles. The van der Waals surface area contributed by atoms with Crippen LogP contribution in [0.2, 0.25) is 0 Å². The Kier molecular flexibility index (Phi) is 3.97. The topological polar surface area (TPSA) is 72.0 Å². The minimum absolute atomic E-state index is 0.322. The summed E-state index contributed by atoms with van der Waals surface area (Å²) in [5, 5.41) is 3.35. The first-order valence-corrected chi connectivity index (χ1v) is 9.19. The van der Waals surface area contributed by atoms with Gasteiger partial charge in [-0.3, -0.25) is 0 Å². The van der Waals surface area contributed by atoms with Crippen molar-refractivity contribution in [3.05, 3.63) is 41.9 Å². The molecule has 1 fully saturated rings. The van der Waals surface area contributed by atoms with E-state index in [4.69, 9.17) is 0 Å². The Balaban J connectivity index is 1.97. The summed E-state index contributed by atoms with van der Waals surface area (Å²) in [5.74, 6) is 1.17. The lowest BCUT2D eigenvalue weighted by Crippen LogP contribution is -2.10. The first-order chi connectivity index (χ1) is 10.4. The lowest BCUT2D eigenvalue weighted by molar-refractivity contribution is 0.602. The maximum Gasteiger partial charge on any atom is 0.175 e. The van der Waals surface area contributed by atoms with Gasteiger partial charge >= 0.3 is 0 Å². The molecule has 1 aliphatic rings. The van der Waals surface area contributed by atoms with E-state index in [1.54, 1.807) is 24.3 Å². The number of rotatable bonds is 3. The minimum Gasteiger partial charge on any atom is -0.316 e. The van der Waals surface area contributed by atoms with E-state index >= 15 is 0 Å². The van der Waals surface area contributed by atoms with Gasteiger partial charge in [0.2, 0.25) is 0 Å². The van der Waals surface area contributed by atoms with Crippen LogP contribution in [0.3, 0.4) is 0 Å². The van der Waals surface area contributed by atoms with Crippen LogP contribution < -0.4 is 5.32 Å². The predicted octanol–water partition coefficient (Wildman–Crippen LogP) is 1.93. The summed E-state index contributed by atoms with van der Waals surface area (Å²) in [6.45, 7) is 3.86. The Morgan fingerprint density at radius 1 is 1.18 bits per heavy atom. The largest absolute Gasteiger partial charge is 0.316 e. The van der Waals surface area contributed by atoms with Crippen molar-refractivity contribution in [1.29, 1.82) is 0 Å². The molecule has 1 saturated heterocycles. The molecule has 0 spiro atoms. The van der Waals surface area contributed by atoms with Crippen molar-refractivity contribution in [2.24, 2.45) is 0 Å². The van der Waals surface area contributed by atoms with Gasteiger partial charge in [-0.2, -0.15) is 0 Å².